The fourth-order valence-corrected chi connectivity index (χ4v) is 5.79. The summed E-state index contributed by atoms with van der Waals surface area (Å²) in [4.78, 5) is 55.6. The van der Waals surface area contributed by atoms with E-state index in [1.807, 2.05) is 12.2 Å². The molecule has 1 saturated heterocycles. The summed E-state index contributed by atoms with van der Waals surface area (Å²) in [6.07, 6.45) is 6.70. The van der Waals surface area contributed by atoms with Crippen LogP contribution in [-0.4, -0.2) is 83.9 Å². The number of amides is 3. The fraction of sp³-hybridized carbons (Fsp3) is 0.567. The van der Waals surface area contributed by atoms with Crippen molar-refractivity contribution in [1.29, 1.82) is 0 Å². The zero-order chi connectivity index (χ0) is 31.6. The number of carbonyl (C=O) groups is 4. The SMILES string of the molecule is CC(C)(C)OC(=O)N[C@H]1CCCCC/C=C\[C@H]2C[C@@]2(C(=O)O)NC(=O)[C@@H]2C[C@@H](n3nnc(-c4ccc(F)cc4)n3)CN2C1=O. The van der Waals surface area contributed by atoms with Gasteiger partial charge in [-0.15, -0.1) is 10.2 Å². The van der Waals surface area contributed by atoms with E-state index in [9.17, 15) is 28.7 Å². The number of rotatable bonds is 4. The van der Waals surface area contributed by atoms with Gasteiger partial charge in [0.1, 0.15) is 29.0 Å². The fourth-order valence-electron chi connectivity index (χ4n) is 5.79. The van der Waals surface area contributed by atoms with E-state index >= 15 is 0 Å². The first-order valence-electron chi connectivity index (χ1n) is 14.9. The number of nitrogens with zero attached hydrogens (tertiary/aromatic N) is 5. The number of aliphatic carboxylic acids is 1. The number of hydrogen-bond donors (Lipinski definition) is 3. The number of carboxylic acid groups (broad SMARTS) is 1. The number of allylic oxidation sites excluding steroid dienone is 1. The average Bonchev–Trinajstić information content (AvgIpc) is 3.26. The molecule has 44 heavy (non-hydrogen) atoms. The van der Waals surface area contributed by atoms with Gasteiger partial charge in [-0.3, -0.25) is 9.59 Å². The van der Waals surface area contributed by atoms with Crippen LogP contribution < -0.4 is 10.6 Å². The number of nitrogens with one attached hydrogen (secondary N) is 2. The van der Waals surface area contributed by atoms with Crippen LogP contribution in [0.3, 0.4) is 0 Å². The molecule has 0 bridgehead atoms. The number of tetrazole rings is 1. The summed E-state index contributed by atoms with van der Waals surface area (Å²) in [6.45, 7) is 5.18. The zero-order valence-electron chi connectivity index (χ0n) is 25.0. The molecule has 0 radical (unpaired) electrons. The van der Waals surface area contributed by atoms with Gasteiger partial charge < -0.3 is 25.4 Å². The van der Waals surface area contributed by atoms with Gasteiger partial charge in [0.25, 0.3) is 0 Å². The van der Waals surface area contributed by atoms with Crippen molar-refractivity contribution in [2.24, 2.45) is 5.92 Å². The highest BCUT2D eigenvalue weighted by Gasteiger charge is 2.61. The minimum Gasteiger partial charge on any atom is -0.479 e. The molecule has 1 saturated carbocycles. The second-order valence-corrected chi connectivity index (χ2v) is 12.7. The third-order valence-electron chi connectivity index (χ3n) is 8.19. The van der Waals surface area contributed by atoms with Crippen molar-refractivity contribution in [2.75, 3.05) is 6.54 Å². The first-order chi connectivity index (χ1) is 20.9. The van der Waals surface area contributed by atoms with Crippen LogP contribution in [-0.2, 0) is 19.1 Å². The first-order valence-corrected chi connectivity index (χ1v) is 14.9. The molecule has 0 spiro atoms. The molecule has 236 valence electrons. The predicted molar refractivity (Wildman–Crippen MR) is 154 cm³/mol. The lowest BCUT2D eigenvalue weighted by Gasteiger charge is -2.30. The molecule has 2 fully saturated rings. The van der Waals surface area contributed by atoms with E-state index in [1.54, 1.807) is 20.8 Å². The summed E-state index contributed by atoms with van der Waals surface area (Å²) in [5.41, 5.74) is -1.69. The normalized spacial score (nSPS) is 28.5. The Labute approximate surface area is 254 Å². The van der Waals surface area contributed by atoms with E-state index in [4.69, 9.17) is 4.74 Å². The molecule has 5 atom stereocenters. The second kappa shape index (κ2) is 12.3. The maximum Gasteiger partial charge on any atom is 0.408 e. The third kappa shape index (κ3) is 6.89. The van der Waals surface area contributed by atoms with Gasteiger partial charge in [0, 0.05) is 24.4 Å². The second-order valence-electron chi connectivity index (χ2n) is 12.7. The van der Waals surface area contributed by atoms with Crippen LogP contribution in [0.15, 0.2) is 36.4 Å². The van der Waals surface area contributed by atoms with Gasteiger partial charge >= 0.3 is 12.1 Å². The predicted octanol–water partition coefficient (Wildman–Crippen LogP) is 2.99. The molecule has 1 aromatic carbocycles. The first kappa shape index (κ1) is 31.1. The summed E-state index contributed by atoms with van der Waals surface area (Å²) in [5.74, 6) is -2.75. The smallest absolute Gasteiger partial charge is 0.408 e. The molecule has 2 aliphatic heterocycles. The van der Waals surface area contributed by atoms with Crippen molar-refractivity contribution < 1.29 is 33.4 Å². The van der Waals surface area contributed by atoms with Gasteiger partial charge in [0.15, 0.2) is 0 Å². The van der Waals surface area contributed by atoms with E-state index in [0.29, 0.717) is 18.4 Å². The van der Waals surface area contributed by atoms with E-state index in [0.717, 1.165) is 19.3 Å². The molecular formula is C30H38FN7O6. The number of benzene rings is 1. The molecule has 3 N–H and O–H groups in total. The monoisotopic (exact) mass is 611 g/mol. The number of ether oxygens (including phenoxy) is 1. The van der Waals surface area contributed by atoms with E-state index in [1.165, 1.54) is 34.0 Å². The van der Waals surface area contributed by atoms with Crippen molar-refractivity contribution in [3.63, 3.8) is 0 Å². The largest absolute Gasteiger partial charge is 0.479 e. The summed E-state index contributed by atoms with van der Waals surface area (Å²) >= 11 is 0. The van der Waals surface area contributed by atoms with Gasteiger partial charge in [-0.05, 0) is 75.9 Å². The van der Waals surface area contributed by atoms with Crippen LogP contribution in [0.25, 0.3) is 11.4 Å². The molecule has 2 aromatic rings. The third-order valence-corrected chi connectivity index (χ3v) is 8.19. The minimum absolute atomic E-state index is 0.0199. The Hall–Kier alpha value is -4.36. The Balaban J connectivity index is 1.44. The minimum atomic E-state index is -1.45. The Morgan fingerprint density at radius 3 is 2.61 bits per heavy atom. The van der Waals surface area contributed by atoms with Crippen molar-refractivity contribution in [1.82, 2.24) is 35.7 Å². The Bertz CT molecular complexity index is 1440. The molecule has 3 aliphatic rings. The lowest BCUT2D eigenvalue weighted by molar-refractivity contribution is -0.145. The summed E-state index contributed by atoms with van der Waals surface area (Å²) in [7, 11) is 0. The van der Waals surface area contributed by atoms with E-state index in [-0.39, 0.29) is 31.1 Å². The number of carboxylic acids is 1. The summed E-state index contributed by atoms with van der Waals surface area (Å²) < 4.78 is 18.8. The quantitative estimate of drug-likeness (QED) is 0.440. The highest BCUT2D eigenvalue weighted by atomic mass is 19.1. The van der Waals surface area contributed by atoms with Crippen LogP contribution >= 0.6 is 0 Å². The topological polar surface area (TPSA) is 169 Å². The Morgan fingerprint density at radius 2 is 1.91 bits per heavy atom. The van der Waals surface area contributed by atoms with Crippen LogP contribution in [0.1, 0.15) is 71.8 Å². The molecule has 14 heteroatoms. The maximum absolute atomic E-state index is 14.1. The van der Waals surface area contributed by atoms with Crippen LogP contribution in [0.5, 0.6) is 0 Å². The number of alkyl carbamates (subject to hydrolysis) is 1. The van der Waals surface area contributed by atoms with Gasteiger partial charge in [-0.2, -0.15) is 4.80 Å². The number of halogens is 1. The zero-order valence-corrected chi connectivity index (χ0v) is 25.0. The van der Waals surface area contributed by atoms with Crippen LogP contribution in [0, 0.1) is 11.7 Å². The van der Waals surface area contributed by atoms with Gasteiger partial charge in [0.2, 0.25) is 17.6 Å². The molecular weight excluding hydrogens is 573 g/mol. The van der Waals surface area contributed by atoms with Gasteiger partial charge in [-0.1, -0.05) is 25.0 Å². The highest BCUT2D eigenvalue weighted by Crippen LogP contribution is 2.45. The lowest BCUT2D eigenvalue weighted by atomic mass is 10.0. The molecule has 3 amide bonds. The van der Waals surface area contributed by atoms with Crippen LogP contribution in [0.2, 0.25) is 0 Å². The Kier molecular flexibility index (Phi) is 8.71. The molecule has 1 aliphatic carbocycles. The number of carbonyl (C=O) groups excluding carboxylic acids is 3. The number of fused-ring (bicyclic) bond motifs is 2. The van der Waals surface area contributed by atoms with Crippen molar-refractivity contribution in [3.05, 3.63) is 42.2 Å². The molecule has 0 unspecified atom stereocenters. The van der Waals surface area contributed by atoms with Gasteiger partial charge in [0.05, 0.1) is 6.04 Å². The number of aromatic nitrogens is 4. The van der Waals surface area contributed by atoms with E-state index < -0.39 is 59.0 Å². The van der Waals surface area contributed by atoms with E-state index in [2.05, 4.69) is 26.0 Å². The van der Waals surface area contributed by atoms with Crippen molar-refractivity contribution in [3.8, 4) is 11.4 Å². The maximum atomic E-state index is 14.1. The summed E-state index contributed by atoms with van der Waals surface area (Å²) in [5, 5.41) is 28.1. The standard InChI is InChI=1S/C30H38FN7O6/c1-29(2,3)44-28(43)32-22-10-8-6-4-5-7-9-19-16-30(19,27(41)42)33-25(39)23-15-21(17-37(23)26(22)40)38-35-24(34-36-38)18-11-13-20(31)14-12-18/h7,9,11-14,19,21-23H,4-6,8,10,15-17H2,1-3H3,(H,32,43)(H,33,39)(H,41,42)/b9-7-/t19-,21+,22-,23-,30+/m0/s1. The Morgan fingerprint density at radius 1 is 1.16 bits per heavy atom. The lowest BCUT2D eigenvalue weighted by Crippen LogP contribution is -2.56. The van der Waals surface area contributed by atoms with Gasteiger partial charge in [-0.25, -0.2) is 14.0 Å². The molecule has 5 rings (SSSR count). The molecule has 3 heterocycles. The summed E-state index contributed by atoms with van der Waals surface area (Å²) in [6, 6.07) is 3.00. The number of hydrogen-bond acceptors (Lipinski definition) is 8. The van der Waals surface area contributed by atoms with Crippen molar-refractivity contribution >= 4 is 23.9 Å². The molecule has 13 nitrogen and oxygen atoms in total. The highest BCUT2D eigenvalue weighted by molar-refractivity contribution is 5.96. The van der Waals surface area contributed by atoms with Crippen molar-refractivity contribution in [2.45, 2.75) is 95.0 Å². The molecule has 1 aromatic heterocycles. The van der Waals surface area contributed by atoms with Crippen LogP contribution in [0.4, 0.5) is 9.18 Å². The average molecular weight is 612 g/mol.